The minimum absolute atomic E-state index is 0.0137. The molecule has 0 bridgehead atoms. The van der Waals surface area contributed by atoms with Crippen LogP contribution in [0.1, 0.15) is 20.3 Å². The number of carboxylic acid groups (broad SMARTS) is 1. The standard InChI is InChI=1S/C10H19ClN3O7P/c1-3-20-22(19,21-4-2)8(7-9(15)16)14(13-18)10(17)12-6-5-11/h8H,3-7H2,1-2H3,(H,12,17)(H,15,16). The summed E-state index contributed by atoms with van der Waals surface area (Å²) in [6.07, 6.45) is -0.836. The highest BCUT2D eigenvalue weighted by Gasteiger charge is 2.44. The first-order valence-corrected chi connectivity index (χ1v) is 8.57. The molecule has 0 aromatic rings. The number of amides is 2. The Hall–Kier alpha value is -1.22. The van der Waals surface area contributed by atoms with Gasteiger partial charge < -0.3 is 19.5 Å². The van der Waals surface area contributed by atoms with Gasteiger partial charge >= 0.3 is 19.6 Å². The summed E-state index contributed by atoms with van der Waals surface area (Å²) in [5.41, 5.74) is 0. The molecule has 0 aromatic carbocycles. The zero-order valence-corrected chi connectivity index (χ0v) is 13.9. The maximum Gasteiger partial charge on any atom is 0.355 e. The predicted octanol–water partition coefficient (Wildman–Crippen LogP) is 1.99. The predicted molar refractivity (Wildman–Crippen MR) is 78.7 cm³/mol. The summed E-state index contributed by atoms with van der Waals surface area (Å²) < 4.78 is 22.7. The molecule has 1 atom stereocenters. The smallest absolute Gasteiger partial charge is 0.355 e. The number of carbonyl (C=O) groups is 2. The minimum atomic E-state index is -4.08. The van der Waals surface area contributed by atoms with E-state index in [0.29, 0.717) is 0 Å². The van der Waals surface area contributed by atoms with Gasteiger partial charge in [-0.3, -0.25) is 9.36 Å². The second kappa shape index (κ2) is 10.5. The van der Waals surface area contributed by atoms with Crippen LogP contribution < -0.4 is 5.32 Å². The highest BCUT2D eigenvalue weighted by Crippen LogP contribution is 2.55. The van der Waals surface area contributed by atoms with Crippen LogP contribution in [0, 0.1) is 4.91 Å². The number of nitroso groups, excluding NO2 is 1. The third-order valence-corrected chi connectivity index (χ3v) is 4.85. The third-order valence-electron chi connectivity index (χ3n) is 2.29. The first-order valence-electron chi connectivity index (χ1n) is 6.43. The molecule has 10 nitrogen and oxygen atoms in total. The Bertz CT molecular complexity index is 427. The van der Waals surface area contributed by atoms with Crippen LogP contribution in [0.2, 0.25) is 0 Å². The SMILES string of the molecule is CCOP(=O)(OCC)C(CC(=O)O)N(N=O)C(=O)NCCCl. The molecule has 0 aliphatic carbocycles. The number of hydrogen-bond donors (Lipinski definition) is 2. The summed E-state index contributed by atoms with van der Waals surface area (Å²) >= 11 is 5.41. The van der Waals surface area contributed by atoms with E-state index in [-0.39, 0.29) is 30.6 Å². The molecule has 1 unspecified atom stereocenters. The zero-order chi connectivity index (χ0) is 17.2. The van der Waals surface area contributed by atoms with Crippen molar-refractivity contribution in [1.29, 1.82) is 0 Å². The molecule has 12 heteroatoms. The Morgan fingerprint density at radius 3 is 2.27 bits per heavy atom. The lowest BCUT2D eigenvalue weighted by molar-refractivity contribution is -0.137. The number of nitrogens with zero attached hydrogens (tertiary/aromatic N) is 2. The van der Waals surface area contributed by atoms with Gasteiger partial charge in [-0.15, -0.1) is 16.5 Å². The van der Waals surface area contributed by atoms with Crippen molar-refractivity contribution >= 4 is 31.2 Å². The molecule has 0 aliphatic rings. The van der Waals surface area contributed by atoms with Crippen LogP contribution in [0.25, 0.3) is 0 Å². The summed E-state index contributed by atoms with van der Waals surface area (Å²) in [6, 6.07) is -1.04. The lowest BCUT2D eigenvalue weighted by atomic mass is 10.4. The van der Waals surface area contributed by atoms with Crippen LogP contribution in [0.15, 0.2) is 5.29 Å². The summed E-state index contributed by atoms with van der Waals surface area (Å²) in [6.45, 7) is 2.90. The normalized spacial score (nSPS) is 12.5. The Kier molecular flexibility index (Phi) is 9.91. The lowest BCUT2D eigenvalue weighted by Crippen LogP contribution is -2.44. The van der Waals surface area contributed by atoms with E-state index < -0.39 is 31.8 Å². The number of carbonyl (C=O) groups excluding carboxylic acids is 1. The number of aliphatic carboxylic acids is 1. The highest BCUT2D eigenvalue weighted by atomic mass is 35.5. The lowest BCUT2D eigenvalue weighted by Gasteiger charge is -2.29. The molecule has 0 saturated carbocycles. The number of urea groups is 1. The maximum atomic E-state index is 12.7. The first-order chi connectivity index (χ1) is 10.4. The molecule has 0 saturated heterocycles. The molecule has 128 valence electrons. The van der Waals surface area contributed by atoms with Crippen LogP contribution in [0.5, 0.6) is 0 Å². The number of rotatable bonds is 11. The van der Waals surface area contributed by atoms with Gasteiger partial charge in [0.05, 0.1) is 24.9 Å². The van der Waals surface area contributed by atoms with E-state index in [1.165, 1.54) is 13.8 Å². The molecule has 0 heterocycles. The molecule has 2 N–H and O–H groups in total. The third kappa shape index (κ3) is 6.27. The summed E-state index contributed by atoms with van der Waals surface area (Å²) in [7, 11) is -4.08. The van der Waals surface area contributed by atoms with Crippen LogP contribution in [-0.2, 0) is 18.4 Å². The van der Waals surface area contributed by atoms with Gasteiger partial charge in [0.15, 0.2) is 5.78 Å². The van der Waals surface area contributed by atoms with E-state index in [2.05, 4.69) is 10.6 Å². The Morgan fingerprint density at radius 2 is 1.91 bits per heavy atom. The Balaban J connectivity index is 5.53. The van der Waals surface area contributed by atoms with Crippen LogP contribution >= 0.6 is 19.2 Å². The average molecular weight is 360 g/mol. The molecular formula is C10H19ClN3O7P. The Labute approximate surface area is 132 Å². The molecule has 0 aromatic heterocycles. The van der Waals surface area contributed by atoms with Gasteiger partial charge in [0.25, 0.3) is 0 Å². The summed E-state index contributed by atoms with van der Waals surface area (Å²) in [5.74, 6) is -3.02. The van der Waals surface area contributed by atoms with Crippen molar-refractivity contribution in [2.75, 3.05) is 25.6 Å². The van der Waals surface area contributed by atoms with Gasteiger partial charge in [0, 0.05) is 12.4 Å². The van der Waals surface area contributed by atoms with Crippen molar-refractivity contribution in [3.63, 3.8) is 0 Å². The quantitative estimate of drug-likeness (QED) is 0.249. The van der Waals surface area contributed by atoms with Crippen molar-refractivity contribution in [3.8, 4) is 0 Å². The van der Waals surface area contributed by atoms with Crippen molar-refractivity contribution in [3.05, 3.63) is 4.91 Å². The second-order valence-electron chi connectivity index (χ2n) is 3.80. The molecule has 0 rings (SSSR count). The van der Waals surface area contributed by atoms with Gasteiger partial charge in [0.2, 0.25) is 0 Å². The highest BCUT2D eigenvalue weighted by molar-refractivity contribution is 7.54. The molecule has 0 aliphatic heterocycles. The van der Waals surface area contributed by atoms with Crippen LogP contribution in [0.3, 0.4) is 0 Å². The maximum absolute atomic E-state index is 12.7. The topological polar surface area (TPSA) is 135 Å². The summed E-state index contributed by atoms with van der Waals surface area (Å²) in [4.78, 5) is 33.8. The van der Waals surface area contributed by atoms with Crippen LogP contribution in [-0.4, -0.2) is 53.5 Å². The first kappa shape index (κ1) is 20.8. The van der Waals surface area contributed by atoms with E-state index in [4.69, 9.17) is 25.8 Å². The van der Waals surface area contributed by atoms with Crippen molar-refractivity contribution in [2.45, 2.75) is 26.1 Å². The van der Waals surface area contributed by atoms with E-state index in [0.717, 1.165) is 0 Å². The van der Waals surface area contributed by atoms with Gasteiger partial charge in [-0.2, -0.15) is 5.01 Å². The zero-order valence-electron chi connectivity index (χ0n) is 12.2. The fraction of sp³-hybridized carbons (Fsp3) is 0.800. The monoisotopic (exact) mass is 359 g/mol. The van der Waals surface area contributed by atoms with Crippen LogP contribution in [0.4, 0.5) is 4.79 Å². The van der Waals surface area contributed by atoms with Gasteiger partial charge in [-0.1, -0.05) is 0 Å². The molecular weight excluding hydrogens is 341 g/mol. The fourth-order valence-corrected chi connectivity index (χ4v) is 3.55. The second-order valence-corrected chi connectivity index (χ2v) is 6.37. The summed E-state index contributed by atoms with van der Waals surface area (Å²) in [5, 5.41) is 13.8. The molecule has 22 heavy (non-hydrogen) atoms. The van der Waals surface area contributed by atoms with E-state index >= 15 is 0 Å². The van der Waals surface area contributed by atoms with E-state index in [1.54, 1.807) is 0 Å². The van der Waals surface area contributed by atoms with Gasteiger partial charge in [-0.25, -0.2) is 4.79 Å². The van der Waals surface area contributed by atoms with Gasteiger partial charge in [0.1, 0.15) is 0 Å². The number of nitrogens with one attached hydrogen (secondary N) is 1. The number of halogens is 1. The fourth-order valence-electron chi connectivity index (χ4n) is 1.52. The number of alkyl halides is 1. The average Bonchev–Trinajstić information content (AvgIpc) is 2.45. The molecule has 0 fully saturated rings. The Morgan fingerprint density at radius 1 is 1.36 bits per heavy atom. The number of carboxylic acids is 1. The van der Waals surface area contributed by atoms with E-state index in [1.807, 2.05) is 0 Å². The molecule has 0 radical (unpaired) electrons. The molecule has 2 amide bonds. The molecule has 0 spiro atoms. The van der Waals surface area contributed by atoms with Crippen molar-refractivity contribution in [2.24, 2.45) is 5.29 Å². The minimum Gasteiger partial charge on any atom is -0.481 e. The van der Waals surface area contributed by atoms with Crippen molar-refractivity contribution in [1.82, 2.24) is 10.3 Å². The van der Waals surface area contributed by atoms with E-state index in [9.17, 15) is 19.1 Å². The van der Waals surface area contributed by atoms with Gasteiger partial charge in [-0.05, 0) is 13.8 Å². The number of hydrogen-bond acceptors (Lipinski definition) is 7. The largest absolute Gasteiger partial charge is 0.481 e. The van der Waals surface area contributed by atoms with Crippen molar-refractivity contribution < 1.29 is 28.3 Å².